The predicted octanol–water partition coefficient (Wildman–Crippen LogP) is 2.46. The normalized spacial score (nSPS) is 12.9. The van der Waals surface area contributed by atoms with E-state index in [1.165, 1.54) is 5.56 Å². The molecule has 0 aromatic carbocycles. The number of hydrogen-bond donors (Lipinski definition) is 0. The molecule has 0 saturated carbocycles. The number of nitrogens with zero attached hydrogens (tertiary/aromatic N) is 2. The van der Waals surface area contributed by atoms with E-state index in [1.807, 2.05) is 24.2 Å². The first kappa shape index (κ1) is 9.52. The topological polar surface area (TPSA) is 25.8 Å². The summed E-state index contributed by atoms with van der Waals surface area (Å²) in [6.45, 7) is 4.22. The lowest BCUT2D eigenvalue weighted by atomic mass is 10.2. The number of aryl methyl sites for hydroxylation is 1. The lowest BCUT2D eigenvalue weighted by molar-refractivity contribution is 0.909. The zero-order valence-corrected chi connectivity index (χ0v) is 8.56. The molecule has 0 aliphatic carbocycles. The Balaban J connectivity index is 2.77. The lowest BCUT2D eigenvalue weighted by Gasteiger charge is -2.06. The second kappa shape index (κ2) is 4.45. The molecule has 0 radical (unpaired) electrons. The third-order valence-corrected chi connectivity index (χ3v) is 2.84. The summed E-state index contributed by atoms with van der Waals surface area (Å²) >= 11 is 1.81. The van der Waals surface area contributed by atoms with Gasteiger partial charge >= 0.3 is 0 Å². The minimum absolute atomic E-state index is 0.496. The fraction of sp³-hybridized carbons (Fsp3) is 0.556. The molecule has 66 valence electrons. The molecule has 0 amide bonds. The van der Waals surface area contributed by atoms with Gasteiger partial charge in [-0.2, -0.15) is 11.8 Å². The first-order valence-electron chi connectivity index (χ1n) is 4.11. The first-order valence-corrected chi connectivity index (χ1v) is 5.40. The van der Waals surface area contributed by atoms with Gasteiger partial charge in [-0.05, 0) is 13.2 Å². The van der Waals surface area contributed by atoms with E-state index in [4.69, 9.17) is 0 Å². The van der Waals surface area contributed by atoms with Crippen LogP contribution in [0.3, 0.4) is 0 Å². The van der Waals surface area contributed by atoms with Crippen molar-refractivity contribution in [3.05, 3.63) is 23.8 Å². The molecule has 1 aromatic rings. The van der Waals surface area contributed by atoms with Gasteiger partial charge in [0.2, 0.25) is 0 Å². The van der Waals surface area contributed by atoms with Gasteiger partial charge in [0.05, 0.1) is 0 Å². The van der Waals surface area contributed by atoms with Crippen molar-refractivity contribution in [2.45, 2.75) is 25.5 Å². The third-order valence-electron chi connectivity index (χ3n) is 1.86. The molecule has 1 aromatic heterocycles. The van der Waals surface area contributed by atoms with Crippen molar-refractivity contribution >= 4 is 11.8 Å². The highest BCUT2D eigenvalue weighted by atomic mass is 32.2. The monoisotopic (exact) mass is 182 g/mol. The molecule has 0 aliphatic rings. The molecule has 0 aliphatic heterocycles. The maximum atomic E-state index is 4.24. The van der Waals surface area contributed by atoms with Gasteiger partial charge in [0.1, 0.15) is 5.82 Å². The first-order chi connectivity index (χ1) is 5.77. The molecule has 3 heteroatoms. The molecular formula is C9H14N2S. The number of rotatable bonds is 3. The Bertz CT molecular complexity index is 233. The second-order valence-corrected chi connectivity index (χ2v) is 3.84. The standard InChI is InChI=1S/C9H14N2S/c1-4-9-10-5-8(6-11-9)7(2)12-3/h5-7H,4H2,1-3H3. The van der Waals surface area contributed by atoms with Gasteiger partial charge in [-0.1, -0.05) is 6.92 Å². The smallest absolute Gasteiger partial charge is 0.127 e. The zero-order chi connectivity index (χ0) is 8.97. The van der Waals surface area contributed by atoms with E-state index in [9.17, 15) is 0 Å². The predicted molar refractivity (Wildman–Crippen MR) is 53.3 cm³/mol. The molecular weight excluding hydrogens is 168 g/mol. The van der Waals surface area contributed by atoms with Crippen LogP contribution in [0.25, 0.3) is 0 Å². The van der Waals surface area contributed by atoms with E-state index < -0.39 is 0 Å². The highest BCUT2D eigenvalue weighted by molar-refractivity contribution is 7.98. The average Bonchev–Trinajstić information content (AvgIpc) is 2.17. The van der Waals surface area contributed by atoms with E-state index in [0.29, 0.717) is 5.25 Å². The molecule has 0 saturated heterocycles. The molecule has 2 nitrogen and oxygen atoms in total. The molecule has 1 atom stereocenters. The van der Waals surface area contributed by atoms with Crippen molar-refractivity contribution in [2.75, 3.05) is 6.26 Å². The fourth-order valence-electron chi connectivity index (χ4n) is 0.893. The highest BCUT2D eigenvalue weighted by Gasteiger charge is 2.03. The molecule has 0 bridgehead atoms. The summed E-state index contributed by atoms with van der Waals surface area (Å²) in [5, 5.41) is 0.496. The average molecular weight is 182 g/mol. The lowest BCUT2D eigenvalue weighted by Crippen LogP contribution is -1.95. The second-order valence-electron chi connectivity index (χ2n) is 2.66. The number of aromatic nitrogens is 2. The quantitative estimate of drug-likeness (QED) is 0.718. The highest BCUT2D eigenvalue weighted by Crippen LogP contribution is 2.23. The van der Waals surface area contributed by atoms with Gasteiger partial charge in [-0.25, -0.2) is 9.97 Å². The Morgan fingerprint density at radius 3 is 2.42 bits per heavy atom. The summed E-state index contributed by atoms with van der Waals surface area (Å²) in [4.78, 5) is 8.48. The van der Waals surface area contributed by atoms with Crippen LogP contribution in [0.5, 0.6) is 0 Å². The molecule has 0 spiro atoms. The molecule has 12 heavy (non-hydrogen) atoms. The van der Waals surface area contributed by atoms with Gasteiger partial charge < -0.3 is 0 Å². The van der Waals surface area contributed by atoms with E-state index in [0.717, 1.165) is 12.2 Å². The van der Waals surface area contributed by atoms with E-state index in [-0.39, 0.29) is 0 Å². The summed E-state index contributed by atoms with van der Waals surface area (Å²) in [5.74, 6) is 0.923. The zero-order valence-electron chi connectivity index (χ0n) is 7.74. The molecule has 1 rings (SSSR count). The number of thioether (sulfide) groups is 1. The van der Waals surface area contributed by atoms with Crippen LogP contribution in [0.4, 0.5) is 0 Å². The van der Waals surface area contributed by atoms with E-state index in [2.05, 4.69) is 30.1 Å². The SMILES string of the molecule is CCc1ncc(C(C)SC)cn1. The van der Waals surface area contributed by atoms with Crippen LogP contribution in [0.15, 0.2) is 12.4 Å². The molecule has 0 fully saturated rings. The minimum atomic E-state index is 0.496. The molecule has 1 heterocycles. The van der Waals surface area contributed by atoms with E-state index in [1.54, 1.807) is 0 Å². The largest absolute Gasteiger partial charge is 0.241 e. The Hall–Kier alpha value is -0.570. The van der Waals surface area contributed by atoms with Crippen molar-refractivity contribution in [3.63, 3.8) is 0 Å². The summed E-state index contributed by atoms with van der Waals surface area (Å²) < 4.78 is 0. The Morgan fingerprint density at radius 1 is 1.42 bits per heavy atom. The van der Waals surface area contributed by atoms with Crippen molar-refractivity contribution < 1.29 is 0 Å². The van der Waals surface area contributed by atoms with Crippen LogP contribution in [0.2, 0.25) is 0 Å². The van der Waals surface area contributed by atoms with Crippen molar-refractivity contribution in [1.29, 1.82) is 0 Å². The third kappa shape index (κ3) is 2.21. The van der Waals surface area contributed by atoms with Gasteiger partial charge in [0.25, 0.3) is 0 Å². The van der Waals surface area contributed by atoms with Crippen molar-refractivity contribution in [1.82, 2.24) is 9.97 Å². The minimum Gasteiger partial charge on any atom is -0.241 e. The van der Waals surface area contributed by atoms with Crippen LogP contribution in [-0.4, -0.2) is 16.2 Å². The summed E-state index contributed by atoms with van der Waals surface area (Å²) in [5.41, 5.74) is 1.21. The Morgan fingerprint density at radius 2 is 2.00 bits per heavy atom. The van der Waals surface area contributed by atoms with Gasteiger partial charge in [0.15, 0.2) is 0 Å². The van der Waals surface area contributed by atoms with Gasteiger partial charge in [0, 0.05) is 29.6 Å². The summed E-state index contributed by atoms with van der Waals surface area (Å²) in [7, 11) is 0. The molecule has 1 unspecified atom stereocenters. The van der Waals surface area contributed by atoms with Gasteiger partial charge in [-0.3, -0.25) is 0 Å². The van der Waals surface area contributed by atoms with Crippen LogP contribution >= 0.6 is 11.8 Å². The number of hydrogen-bond acceptors (Lipinski definition) is 3. The van der Waals surface area contributed by atoms with Crippen LogP contribution in [-0.2, 0) is 6.42 Å². The maximum absolute atomic E-state index is 4.24. The van der Waals surface area contributed by atoms with Crippen LogP contribution in [0, 0.1) is 0 Å². The van der Waals surface area contributed by atoms with Crippen molar-refractivity contribution in [2.24, 2.45) is 0 Å². The van der Waals surface area contributed by atoms with Crippen LogP contribution < -0.4 is 0 Å². The van der Waals surface area contributed by atoms with Crippen molar-refractivity contribution in [3.8, 4) is 0 Å². The maximum Gasteiger partial charge on any atom is 0.127 e. The molecule has 0 N–H and O–H groups in total. The summed E-state index contributed by atoms with van der Waals surface area (Å²) in [6.07, 6.45) is 6.85. The Labute approximate surface area is 77.8 Å². The van der Waals surface area contributed by atoms with Gasteiger partial charge in [-0.15, -0.1) is 0 Å². The Kier molecular flexibility index (Phi) is 3.53. The van der Waals surface area contributed by atoms with E-state index >= 15 is 0 Å². The fourth-order valence-corrected chi connectivity index (χ4v) is 1.29. The summed E-state index contributed by atoms with van der Waals surface area (Å²) in [6, 6.07) is 0. The van der Waals surface area contributed by atoms with Crippen LogP contribution in [0.1, 0.15) is 30.5 Å².